The average molecular weight is 190 g/mol. The van der Waals surface area contributed by atoms with E-state index in [2.05, 4.69) is 15.0 Å². The number of nitrogens with zero attached hydrogens (tertiary/aromatic N) is 4. The molecule has 0 aliphatic rings. The molecular formula is C9H10N4O. The van der Waals surface area contributed by atoms with Gasteiger partial charge in [-0.15, -0.1) is 0 Å². The zero-order chi connectivity index (χ0) is 10.1. The summed E-state index contributed by atoms with van der Waals surface area (Å²) in [7, 11) is 0. The quantitative estimate of drug-likeness (QED) is 0.664. The maximum Gasteiger partial charge on any atom is 0.180 e. The van der Waals surface area contributed by atoms with Crippen molar-refractivity contribution in [1.82, 2.24) is 19.5 Å². The van der Waals surface area contributed by atoms with E-state index >= 15 is 0 Å². The van der Waals surface area contributed by atoms with E-state index in [1.54, 1.807) is 6.33 Å². The Morgan fingerprint density at radius 1 is 1.43 bits per heavy atom. The molecule has 2 aromatic heterocycles. The number of fused-ring (bicyclic) bond motifs is 1. The highest BCUT2D eigenvalue weighted by molar-refractivity contribution is 6.01. The molecule has 0 aliphatic heterocycles. The van der Waals surface area contributed by atoms with Crippen molar-refractivity contribution in [2.24, 2.45) is 0 Å². The van der Waals surface area contributed by atoms with Crippen molar-refractivity contribution in [3.63, 3.8) is 0 Å². The molecule has 0 amide bonds. The highest BCUT2D eigenvalue weighted by Crippen LogP contribution is 2.12. The normalized spacial score (nSPS) is 10.7. The number of aryl methyl sites for hydroxylation is 1. The molecule has 0 aromatic carbocycles. The number of hydrogen-bond donors (Lipinski definition) is 0. The third-order valence-electron chi connectivity index (χ3n) is 2.08. The van der Waals surface area contributed by atoms with Gasteiger partial charge in [-0.2, -0.15) is 0 Å². The van der Waals surface area contributed by atoms with Crippen LogP contribution in [0.3, 0.4) is 0 Å². The molecule has 2 rings (SSSR count). The van der Waals surface area contributed by atoms with Gasteiger partial charge >= 0.3 is 0 Å². The van der Waals surface area contributed by atoms with Gasteiger partial charge < -0.3 is 4.57 Å². The van der Waals surface area contributed by atoms with E-state index in [1.807, 2.05) is 11.5 Å². The second-order valence-electron chi connectivity index (χ2n) is 2.98. The maximum absolute atomic E-state index is 11.2. The number of carbonyl (C=O) groups is 1. The van der Waals surface area contributed by atoms with Crippen LogP contribution in [0.1, 0.15) is 24.3 Å². The van der Waals surface area contributed by atoms with Crippen LogP contribution in [0.2, 0.25) is 0 Å². The molecule has 2 heterocycles. The Morgan fingerprint density at radius 3 is 2.86 bits per heavy atom. The van der Waals surface area contributed by atoms with Gasteiger partial charge in [0.2, 0.25) is 0 Å². The largest absolute Gasteiger partial charge is 0.315 e. The third kappa shape index (κ3) is 1.17. The van der Waals surface area contributed by atoms with Crippen molar-refractivity contribution >= 4 is 16.9 Å². The molecule has 72 valence electrons. The third-order valence-corrected chi connectivity index (χ3v) is 2.08. The molecule has 0 saturated carbocycles. The van der Waals surface area contributed by atoms with E-state index in [4.69, 9.17) is 0 Å². The molecular weight excluding hydrogens is 180 g/mol. The van der Waals surface area contributed by atoms with E-state index in [0.29, 0.717) is 16.9 Å². The van der Waals surface area contributed by atoms with E-state index in [1.165, 1.54) is 13.3 Å². The molecule has 0 fully saturated rings. The standard InChI is InChI=1S/C9H10N4O/c1-3-13-5-12-8-7(6(2)14)10-4-11-9(8)13/h4-5H,3H2,1-2H3. The molecule has 0 unspecified atom stereocenters. The topological polar surface area (TPSA) is 60.7 Å². The van der Waals surface area contributed by atoms with E-state index in [-0.39, 0.29) is 5.78 Å². The van der Waals surface area contributed by atoms with Crippen molar-refractivity contribution in [3.05, 3.63) is 18.3 Å². The maximum atomic E-state index is 11.2. The van der Waals surface area contributed by atoms with Gasteiger partial charge in [0.25, 0.3) is 0 Å². The van der Waals surface area contributed by atoms with Crippen LogP contribution >= 0.6 is 0 Å². The zero-order valence-corrected chi connectivity index (χ0v) is 8.06. The van der Waals surface area contributed by atoms with Crippen LogP contribution in [0.5, 0.6) is 0 Å². The first kappa shape index (κ1) is 8.80. The first-order chi connectivity index (χ1) is 6.74. The molecule has 0 aliphatic carbocycles. The van der Waals surface area contributed by atoms with Crippen molar-refractivity contribution in [2.45, 2.75) is 20.4 Å². The summed E-state index contributed by atoms with van der Waals surface area (Å²) in [5.41, 5.74) is 1.69. The minimum atomic E-state index is -0.0845. The van der Waals surface area contributed by atoms with Gasteiger partial charge in [0.05, 0.1) is 6.33 Å². The lowest BCUT2D eigenvalue weighted by Crippen LogP contribution is -2.00. The van der Waals surface area contributed by atoms with Gasteiger partial charge in [0, 0.05) is 13.5 Å². The first-order valence-electron chi connectivity index (χ1n) is 4.40. The minimum absolute atomic E-state index is 0.0845. The molecule has 0 spiro atoms. The molecule has 0 N–H and O–H groups in total. The highest BCUT2D eigenvalue weighted by Gasteiger charge is 2.11. The molecule has 0 atom stereocenters. The van der Waals surface area contributed by atoms with Gasteiger partial charge in [0.15, 0.2) is 11.4 Å². The Kier molecular flexibility index (Phi) is 1.99. The molecule has 0 radical (unpaired) electrons. The summed E-state index contributed by atoms with van der Waals surface area (Å²) >= 11 is 0. The van der Waals surface area contributed by atoms with Crippen molar-refractivity contribution in [2.75, 3.05) is 0 Å². The van der Waals surface area contributed by atoms with Crippen LogP contribution in [-0.2, 0) is 6.54 Å². The smallest absolute Gasteiger partial charge is 0.180 e. The molecule has 14 heavy (non-hydrogen) atoms. The Hall–Kier alpha value is -1.78. The van der Waals surface area contributed by atoms with E-state index in [9.17, 15) is 4.79 Å². The molecule has 0 saturated heterocycles. The molecule has 5 heteroatoms. The van der Waals surface area contributed by atoms with Crippen LogP contribution in [0, 0.1) is 0 Å². The van der Waals surface area contributed by atoms with Crippen LogP contribution < -0.4 is 0 Å². The lowest BCUT2D eigenvalue weighted by molar-refractivity contribution is 0.101. The van der Waals surface area contributed by atoms with Crippen LogP contribution in [0.4, 0.5) is 0 Å². The second kappa shape index (κ2) is 3.17. The summed E-state index contributed by atoms with van der Waals surface area (Å²) < 4.78 is 1.88. The Bertz CT molecular complexity index is 489. The lowest BCUT2D eigenvalue weighted by Gasteiger charge is -1.98. The molecule has 2 aromatic rings. The van der Waals surface area contributed by atoms with Gasteiger partial charge in [-0.1, -0.05) is 0 Å². The second-order valence-corrected chi connectivity index (χ2v) is 2.98. The van der Waals surface area contributed by atoms with Crippen LogP contribution in [-0.4, -0.2) is 25.3 Å². The minimum Gasteiger partial charge on any atom is -0.315 e. The fourth-order valence-electron chi connectivity index (χ4n) is 1.37. The zero-order valence-electron chi connectivity index (χ0n) is 8.06. The summed E-state index contributed by atoms with van der Waals surface area (Å²) in [5.74, 6) is -0.0845. The number of rotatable bonds is 2. The van der Waals surface area contributed by atoms with E-state index in [0.717, 1.165) is 6.54 Å². The van der Waals surface area contributed by atoms with Gasteiger partial charge in [-0.3, -0.25) is 4.79 Å². The summed E-state index contributed by atoms with van der Waals surface area (Å²) in [6.45, 7) is 4.26. The van der Waals surface area contributed by atoms with Gasteiger partial charge in [-0.25, -0.2) is 15.0 Å². The summed E-state index contributed by atoms with van der Waals surface area (Å²) in [4.78, 5) is 23.4. The number of ketones is 1. The number of carbonyl (C=O) groups excluding carboxylic acids is 1. The SMILES string of the molecule is CCn1cnc2c(C(C)=O)ncnc21. The fraction of sp³-hybridized carbons (Fsp3) is 0.333. The number of imidazole rings is 1. The first-order valence-corrected chi connectivity index (χ1v) is 4.40. The summed E-state index contributed by atoms with van der Waals surface area (Å²) in [6, 6.07) is 0. The molecule has 0 bridgehead atoms. The Morgan fingerprint density at radius 2 is 2.21 bits per heavy atom. The Labute approximate surface area is 80.8 Å². The van der Waals surface area contributed by atoms with Crippen molar-refractivity contribution in [1.29, 1.82) is 0 Å². The Balaban J connectivity index is 2.76. The predicted molar refractivity (Wildman–Crippen MR) is 51.0 cm³/mol. The lowest BCUT2D eigenvalue weighted by atomic mass is 10.3. The predicted octanol–water partition coefficient (Wildman–Crippen LogP) is 1.05. The van der Waals surface area contributed by atoms with Crippen LogP contribution in [0.15, 0.2) is 12.7 Å². The summed E-state index contributed by atoms with van der Waals surface area (Å²) in [6.07, 6.45) is 3.07. The van der Waals surface area contributed by atoms with Gasteiger partial charge in [-0.05, 0) is 6.92 Å². The fourth-order valence-corrected chi connectivity index (χ4v) is 1.37. The average Bonchev–Trinajstić information content (AvgIpc) is 2.59. The van der Waals surface area contributed by atoms with Crippen molar-refractivity contribution < 1.29 is 4.79 Å². The highest BCUT2D eigenvalue weighted by atomic mass is 16.1. The monoisotopic (exact) mass is 190 g/mol. The number of aromatic nitrogens is 4. The number of hydrogen-bond acceptors (Lipinski definition) is 4. The van der Waals surface area contributed by atoms with Crippen LogP contribution in [0.25, 0.3) is 11.2 Å². The van der Waals surface area contributed by atoms with Gasteiger partial charge in [0.1, 0.15) is 17.5 Å². The summed E-state index contributed by atoms with van der Waals surface area (Å²) in [5, 5.41) is 0. The molecule has 5 nitrogen and oxygen atoms in total. The number of Topliss-reactive ketones (excluding diaryl/α,β-unsaturated/α-hetero) is 1. The van der Waals surface area contributed by atoms with E-state index < -0.39 is 0 Å². The van der Waals surface area contributed by atoms with Crippen molar-refractivity contribution in [3.8, 4) is 0 Å².